The molecule has 0 spiro atoms. The van der Waals surface area contributed by atoms with Crippen molar-refractivity contribution >= 4 is 28.7 Å². The molecule has 7 nitrogen and oxygen atoms in total. The number of pyridine rings is 1. The van der Waals surface area contributed by atoms with Gasteiger partial charge in [-0.2, -0.15) is 0 Å². The number of rotatable bonds is 10. The molecule has 1 amide bonds. The second-order valence-electron chi connectivity index (χ2n) is 9.98. The number of H-pyrrole nitrogens is 1. The minimum absolute atomic E-state index is 0.0411. The maximum Gasteiger partial charge on any atom is 0.237 e. The fourth-order valence-corrected chi connectivity index (χ4v) is 6.19. The van der Waals surface area contributed by atoms with E-state index >= 15 is 0 Å². The molecule has 0 aliphatic carbocycles. The van der Waals surface area contributed by atoms with E-state index in [2.05, 4.69) is 44.5 Å². The van der Waals surface area contributed by atoms with Crippen molar-refractivity contribution in [1.29, 1.82) is 0 Å². The van der Waals surface area contributed by atoms with Gasteiger partial charge in [0.25, 0.3) is 0 Å². The van der Waals surface area contributed by atoms with Gasteiger partial charge in [0.1, 0.15) is 12.4 Å². The minimum atomic E-state index is -0.229. The van der Waals surface area contributed by atoms with E-state index in [-0.39, 0.29) is 17.2 Å². The molecule has 1 fully saturated rings. The summed E-state index contributed by atoms with van der Waals surface area (Å²) in [7, 11) is 0. The number of para-hydroxylation sites is 2. The van der Waals surface area contributed by atoms with Crippen molar-refractivity contribution in [3.8, 4) is 5.75 Å². The Morgan fingerprint density at radius 1 is 0.950 bits per heavy atom. The number of hydrogen-bond donors (Lipinski definition) is 2. The molecule has 3 aromatic carbocycles. The van der Waals surface area contributed by atoms with Gasteiger partial charge in [-0.15, -0.1) is 0 Å². The van der Waals surface area contributed by atoms with Crippen LogP contribution >= 0.6 is 11.8 Å². The monoisotopic (exact) mass is 549 g/mol. The summed E-state index contributed by atoms with van der Waals surface area (Å²) in [6.07, 6.45) is 4.27. The van der Waals surface area contributed by atoms with Gasteiger partial charge >= 0.3 is 0 Å². The van der Waals surface area contributed by atoms with Gasteiger partial charge in [0.2, 0.25) is 5.91 Å². The average Bonchev–Trinajstić information content (AvgIpc) is 3.60. The van der Waals surface area contributed by atoms with Crippen molar-refractivity contribution in [3.05, 3.63) is 120 Å². The summed E-state index contributed by atoms with van der Waals surface area (Å²) in [4.78, 5) is 28.0. The van der Waals surface area contributed by atoms with E-state index in [1.165, 1.54) is 0 Å². The number of nitrogens with one attached hydrogen (secondary N) is 2. The molecule has 2 aromatic heterocycles. The Balaban J connectivity index is 1.12. The zero-order chi connectivity index (χ0) is 27.1. The number of fused-ring (bicyclic) bond motifs is 1. The molecule has 3 heterocycles. The Kier molecular flexibility index (Phi) is 8.07. The lowest BCUT2D eigenvalue weighted by molar-refractivity contribution is -0.125. The van der Waals surface area contributed by atoms with Crippen LogP contribution in [-0.2, 0) is 24.5 Å². The molecule has 202 valence electrons. The number of ether oxygens (including phenoxy) is 1. The Morgan fingerprint density at radius 2 is 1.75 bits per heavy atom. The number of amides is 1. The van der Waals surface area contributed by atoms with Crippen molar-refractivity contribution < 1.29 is 9.53 Å². The summed E-state index contributed by atoms with van der Waals surface area (Å²) in [5.41, 5.74) is 5.25. The normalized spacial score (nSPS) is 17.2. The standard InChI is InChI=1S/C32H31N5O2S/c38-31(34-19-25-9-6-16-33-18-25)30-17-27(40-32-35-28-10-4-5-11-29(28)36-32)21-37(30)20-23-12-14-26(15-13-23)39-22-24-7-2-1-3-8-24/h1-16,18,27,30H,17,19-22H2,(H,34,38)(H,35,36)/t27-,30+/m1/s1. The number of nitrogens with zero attached hydrogens (tertiary/aromatic N) is 3. The largest absolute Gasteiger partial charge is 0.489 e. The van der Waals surface area contributed by atoms with Gasteiger partial charge in [0.05, 0.1) is 17.1 Å². The van der Waals surface area contributed by atoms with Crippen LogP contribution in [0.3, 0.4) is 0 Å². The fourth-order valence-electron chi connectivity index (χ4n) is 5.01. The first kappa shape index (κ1) is 26.1. The van der Waals surface area contributed by atoms with Gasteiger partial charge in [-0.05, 0) is 53.4 Å². The molecule has 0 radical (unpaired) electrons. The number of aromatic nitrogens is 3. The molecule has 1 saturated heterocycles. The molecule has 8 heteroatoms. The van der Waals surface area contributed by atoms with Crippen LogP contribution in [0.2, 0.25) is 0 Å². The number of likely N-dealkylation sites (tertiary alicyclic amines) is 1. The maximum absolute atomic E-state index is 13.4. The Hall–Kier alpha value is -4.14. The van der Waals surface area contributed by atoms with E-state index in [1.807, 2.05) is 66.7 Å². The smallest absolute Gasteiger partial charge is 0.237 e. The van der Waals surface area contributed by atoms with Gasteiger partial charge in [-0.1, -0.05) is 72.4 Å². The van der Waals surface area contributed by atoms with Crippen LogP contribution in [0.1, 0.15) is 23.1 Å². The quantitative estimate of drug-likeness (QED) is 0.236. The Morgan fingerprint density at radius 3 is 2.55 bits per heavy atom. The highest BCUT2D eigenvalue weighted by Gasteiger charge is 2.37. The maximum atomic E-state index is 13.4. The Bertz CT molecular complexity index is 1510. The predicted molar refractivity (Wildman–Crippen MR) is 158 cm³/mol. The highest BCUT2D eigenvalue weighted by molar-refractivity contribution is 7.99. The number of imidazole rings is 1. The molecule has 2 N–H and O–H groups in total. The Labute approximate surface area is 238 Å². The van der Waals surface area contributed by atoms with E-state index in [0.717, 1.165) is 51.6 Å². The van der Waals surface area contributed by atoms with E-state index in [9.17, 15) is 4.79 Å². The molecular formula is C32H31N5O2S. The number of carbonyl (C=O) groups is 1. The number of thioether (sulfide) groups is 1. The highest BCUT2D eigenvalue weighted by Crippen LogP contribution is 2.33. The molecular weight excluding hydrogens is 518 g/mol. The summed E-state index contributed by atoms with van der Waals surface area (Å²) < 4.78 is 5.96. The molecule has 1 aliphatic heterocycles. The number of benzene rings is 3. The van der Waals surface area contributed by atoms with Gasteiger partial charge in [-0.25, -0.2) is 4.98 Å². The molecule has 6 rings (SSSR count). The minimum Gasteiger partial charge on any atom is -0.489 e. The van der Waals surface area contributed by atoms with E-state index in [0.29, 0.717) is 19.7 Å². The molecule has 0 saturated carbocycles. The van der Waals surface area contributed by atoms with Crippen LogP contribution in [0.25, 0.3) is 11.0 Å². The zero-order valence-corrected chi connectivity index (χ0v) is 22.9. The molecule has 2 atom stereocenters. The van der Waals surface area contributed by atoms with Crippen LogP contribution < -0.4 is 10.1 Å². The van der Waals surface area contributed by atoms with Crippen molar-refractivity contribution in [2.45, 2.75) is 42.6 Å². The van der Waals surface area contributed by atoms with Gasteiger partial charge < -0.3 is 15.0 Å². The number of hydrogen-bond acceptors (Lipinski definition) is 6. The molecule has 5 aromatic rings. The van der Waals surface area contributed by atoms with Crippen LogP contribution in [0.15, 0.2) is 109 Å². The van der Waals surface area contributed by atoms with Crippen LogP contribution in [0.5, 0.6) is 5.75 Å². The zero-order valence-electron chi connectivity index (χ0n) is 22.1. The lowest BCUT2D eigenvalue weighted by Crippen LogP contribution is -2.42. The lowest BCUT2D eigenvalue weighted by Gasteiger charge is -2.23. The SMILES string of the molecule is O=C(NCc1cccnc1)[C@@H]1C[C@@H](Sc2nc3ccccc3[nH]2)CN1Cc1ccc(OCc2ccccc2)cc1. The first-order chi connectivity index (χ1) is 19.7. The van der Waals surface area contributed by atoms with E-state index < -0.39 is 0 Å². The summed E-state index contributed by atoms with van der Waals surface area (Å²) >= 11 is 1.72. The summed E-state index contributed by atoms with van der Waals surface area (Å²) in [6, 6.07) is 30.0. The average molecular weight is 550 g/mol. The second kappa shape index (κ2) is 12.4. The van der Waals surface area contributed by atoms with Crippen molar-refractivity contribution in [2.75, 3.05) is 6.54 Å². The third-order valence-corrected chi connectivity index (χ3v) is 8.15. The number of aromatic amines is 1. The third-order valence-electron chi connectivity index (χ3n) is 7.06. The van der Waals surface area contributed by atoms with E-state index in [4.69, 9.17) is 9.72 Å². The number of carbonyl (C=O) groups excluding carboxylic acids is 1. The van der Waals surface area contributed by atoms with Crippen molar-refractivity contribution in [3.63, 3.8) is 0 Å². The van der Waals surface area contributed by atoms with Gasteiger partial charge in [-0.3, -0.25) is 14.7 Å². The molecule has 0 bridgehead atoms. The van der Waals surface area contributed by atoms with Crippen LogP contribution in [-0.4, -0.2) is 43.6 Å². The molecule has 1 aliphatic rings. The summed E-state index contributed by atoms with van der Waals surface area (Å²) in [6.45, 7) is 2.47. The topological polar surface area (TPSA) is 83.1 Å². The third kappa shape index (κ3) is 6.52. The van der Waals surface area contributed by atoms with Gasteiger partial charge in [0, 0.05) is 37.3 Å². The first-order valence-corrected chi connectivity index (χ1v) is 14.4. The van der Waals surface area contributed by atoms with Crippen LogP contribution in [0.4, 0.5) is 0 Å². The summed E-state index contributed by atoms with van der Waals surface area (Å²) in [5, 5.41) is 4.26. The van der Waals surface area contributed by atoms with Crippen molar-refractivity contribution in [2.24, 2.45) is 0 Å². The van der Waals surface area contributed by atoms with Gasteiger partial charge in [0.15, 0.2) is 5.16 Å². The van der Waals surface area contributed by atoms with Crippen LogP contribution in [0, 0.1) is 0 Å². The first-order valence-electron chi connectivity index (χ1n) is 13.5. The van der Waals surface area contributed by atoms with Crippen molar-refractivity contribution in [1.82, 2.24) is 25.2 Å². The second-order valence-corrected chi connectivity index (χ2v) is 11.3. The fraction of sp³-hybridized carbons (Fsp3) is 0.219. The lowest BCUT2D eigenvalue weighted by atomic mass is 10.1. The molecule has 0 unspecified atom stereocenters. The highest BCUT2D eigenvalue weighted by atomic mass is 32.2. The predicted octanol–water partition coefficient (Wildman–Crippen LogP) is 5.59. The van der Waals surface area contributed by atoms with E-state index in [1.54, 1.807) is 24.2 Å². The molecule has 40 heavy (non-hydrogen) atoms. The summed E-state index contributed by atoms with van der Waals surface area (Å²) in [5.74, 6) is 0.873.